The van der Waals surface area contributed by atoms with Gasteiger partial charge in [0.1, 0.15) is 6.04 Å². The van der Waals surface area contributed by atoms with Crippen LogP contribution in [0.5, 0.6) is 0 Å². The van der Waals surface area contributed by atoms with Crippen molar-refractivity contribution in [1.82, 2.24) is 15.5 Å². The maximum absolute atomic E-state index is 13.4. The van der Waals surface area contributed by atoms with Crippen molar-refractivity contribution in [3.8, 4) is 0 Å². The fourth-order valence-electron chi connectivity index (χ4n) is 4.74. The average molecular weight is 415 g/mol. The standard InChI is InChI=1S/C23H34N4O3/c1-14(2)20(26-22(29)15(3)24)23(30)27-12-11-17-9-10-18(21(17)27)25-19(28)13-16-7-5-4-6-8-16/h4-8,14-15,17-18,20-21H,9-13,24H2,1-3H3,(H,25,28)(H,26,29)/t15-,17?,18?,20-,21?/m0/s1. The Kier molecular flexibility index (Phi) is 7.13. The lowest BCUT2D eigenvalue weighted by atomic mass is 9.99. The summed E-state index contributed by atoms with van der Waals surface area (Å²) in [6.45, 7) is 6.12. The minimum absolute atomic E-state index is 0.00863. The Balaban J connectivity index is 1.67. The Morgan fingerprint density at radius 1 is 1.10 bits per heavy atom. The van der Waals surface area contributed by atoms with Gasteiger partial charge in [-0.2, -0.15) is 0 Å². The molecule has 5 atom stereocenters. The van der Waals surface area contributed by atoms with Crippen LogP contribution in [0.3, 0.4) is 0 Å². The molecule has 0 aromatic heterocycles. The van der Waals surface area contributed by atoms with E-state index in [0.29, 0.717) is 18.9 Å². The van der Waals surface area contributed by atoms with Crippen LogP contribution in [0.4, 0.5) is 0 Å². The molecule has 1 aliphatic heterocycles. The lowest BCUT2D eigenvalue weighted by Crippen LogP contribution is -2.58. The highest BCUT2D eigenvalue weighted by atomic mass is 16.2. The molecule has 3 amide bonds. The average Bonchev–Trinajstić information content (AvgIpc) is 3.29. The van der Waals surface area contributed by atoms with Gasteiger partial charge in [-0.15, -0.1) is 0 Å². The molecule has 1 saturated heterocycles. The number of carbonyl (C=O) groups is 3. The first-order chi connectivity index (χ1) is 14.3. The lowest BCUT2D eigenvalue weighted by Gasteiger charge is -2.34. The summed E-state index contributed by atoms with van der Waals surface area (Å²) in [7, 11) is 0. The molecule has 3 rings (SSSR count). The van der Waals surface area contributed by atoms with Crippen molar-refractivity contribution < 1.29 is 14.4 Å². The number of rotatable bonds is 7. The van der Waals surface area contributed by atoms with Gasteiger partial charge in [0.25, 0.3) is 0 Å². The van der Waals surface area contributed by atoms with Gasteiger partial charge in [-0.25, -0.2) is 0 Å². The first-order valence-corrected chi connectivity index (χ1v) is 11.0. The second kappa shape index (κ2) is 9.60. The van der Waals surface area contributed by atoms with E-state index in [4.69, 9.17) is 5.73 Å². The molecule has 2 fully saturated rings. The quantitative estimate of drug-likeness (QED) is 0.624. The summed E-state index contributed by atoms with van der Waals surface area (Å²) in [5.41, 5.74) is 6.65. The molecular weight excluding hydrogens is 380 g/mol. The molecule has 0 spiro atoms. The Labute approximate surface area is 178 Å². The number of carbonyl (C=O) groups excluding carboxylic acids is 3. The van der Waals surface area contributed by atoms with Crippen LogP contribution in [0, 0.1) is 11.8 Å². The second-order valence-corrected chi connectivity index (χ2v) is 9.00. The third kappa shape index (κ3) is 5.01. The predicted molar refractivity (Wildman–Crippen MR) is 115 cm³/mol. The first-order valence-electron chi connectivity index (χ1n) is 11.0. The van der Waals surface area contributed by atoms with Crippen LogP contribution in [0.2, 0.25) is 0 Å². The zero-order chi connectivity index (χ0) is 21.8. The third-order valence-electron chi connectivity index (χ3n) is 6.33. The van der Waals surface area contributed by atoms with Gasteiger partial charge in [-0.3, -0.25) is 14.4 Å². The van der Waals surface area contributed by atoms with Crippen LogP contribution in [-0.2, 0) is 20.8 Å². The minimum atomic E-state index is -0.665. The molecule has 4 N–H and O–H groups in total. The normalized spacial score (nSPS) is 25.0. The highest BCUT2D eigenvalue weighted by Gasteiger charge is 2.48. The summed E-state index contributed by atoms with van der Waals surface area (Å²) < 4.78 is 0. The van der Waals surface area contributed by atoms with Gasteiger partial charge < -0.3 is 21.3 Å². The van der Waals surface area contributed by atoms with E-state index in [0.717, 1.165) is 24.8 Å². The van der Waals surface area contributed by atoms with Crippen LogP contribution in [0.25, 0.3) is 0 Å². The van der Waals surface area contributed by atoms with Crippen molar-refractivity contribution in [2.45, 2.75) is 70.6 Å². The molecular formula is C23H34N4O3. The van der Waals surface area contributed by atoms with Gasteiger partial charge >= 0.3 is 0 Å². The number of hydrogen-bond acceptors (Lipinski definition) is 4. The van der Waals surface area contributed by atoms with Crippen molar-refractivity contribution in [2.24, 2.45) is 17.6 Å². The Bertz CT molecular complexity index is 765. The number of amides is 3. The highest BCUT2D eigenvalue weighted by molar-refractivity contribution is 5.90. The van der Waals surface area contributed by atoms with E-state index >= 15 is 0 Å². The number of benzene rings is 1. The largest absolute Gasteiger partial charge is 0.351 e. The van der Waals surface area contributed by atoms with E-state index in [9.17, 15) is 14.4 Å². The Morgan fingerprint density at radius 3 is 2.43 bits per heavy atom. The van der Waals surface area contributed by atoms with Gasteiger partial charge in [0, 0.05) is 12.6 Å². The summed E-state index contributed by atoms with van der Waals surface area (Å²) >= 11 is 0. The third-order valence-corrected chi connectivity index (χ3v) is 6.33. The van der Waals surface area contributed by atoms with Crippen molar-refractivity contribution in [1.29, 1.82) is 0 Å². The van der Waals surface area contributed by atoms with Crippen LogP contribution < -0.4 is 16.4 Å². The lowest BCUT2D eigenvalue weighted by molar-refractivity contribution is -0.139. The molecule has 164 valence electrons. The van der Waals surface area contributed by atoms with E-state index in [1.54, 1.807) is 6.92 Å². The summed E-state index contributed by atoms with van der Waals surface area (Å²) in [5.74, 6) is -0.0656. The van der Waals surface area contributed by atoms with E-state index in [-0.39, 0.29) is 35.7 Å². The van der Waals surface area contributed by atoms with Crippen molar-refractivity contribution in [2.75, 3.05) is 6.54 Å². The molecule has 3 unspecified atom stereocenters. The number of nitrogens with two attached hydrogens (primary N) is 1. The smallest absolute Gasteiger partial charge is 0.245 e. The molecule has 30 heavy (non-hydrogen) atoms. The van der Waals surface area contributed by atoms with E-state index in [2.05, 4.69) is 10.6 Å². The summed E-state index contributed by atoms with van der Waals surface area (Å²) in [4.78, 5) is 40.0. The Morgan fingerprint density at radius 2 is 1.80 bits per heavy atom. The number of likely N-dealkylation sites (tertiary alicyclic amines) is 1. The maximum atomic E-state index is 13.4. The maximum Gasteiger partial charge on any atom is 0.245 e. The van der Waals surface area contributed by atoms with Crippen LogP contribution in [0.15, 0.2) is 30.3 Å². The van der Waals surface area contributed by atoms with Gasteiger partial charge in [0.05, 0.1) is 18.5 Å². The van der Waals surface area contributed by atoms with Crippen molar-refractivity contribution in [3.63, 3.8) is 0 Å². The van der Waals surface area contributed by atoms with E-state index < -0.39 is 12.1 Å². The molecule has 0 radical (unpaired) electrons. The number of nitrogens with zero attached hydrogens (tertiary/aromatic N) is 1. The highest BCUT2D eigenvalue weighted by Crippen LogP contribution is 2.38. The van der Waals surface area contributed by atoms with E-state index in [1.165, 1.54) is 0 Å². The predicted octanol–water partition coefficient (Wildman–Crippen LogP) is 1.21. The second-order valence-electron chi connectivity index (χ2n) is 9.00. The van der Waals surface area contributed by atoms with Crippen molar-refractivity contribution in [3.05, 3.63) is 35.9 Å². The molecule has 1 aromatic carbocycles. The van der Waals surface area contributed by atoms with Gasteiger partial charge in [0.15, 0.2) is 0 Å². The number of nitrogens with one attached hydrogen (secondary N) is 2. The first kappa shape index (κ1) is 22.3. The van der Waals surface area contributed by atoms with E-state index in [1.807, 2.05) is 49.1 Å². The zero-order valence-corrected chi connectivity index (χ0v) is 18.1. The molecule has 1 aromatic rings. The molecule has 7 heteroatoms. The number of fused-ring (bicyclic) bond motifs is 1. The summed E-state index contributed by atoms with van der Waals surface area (Å²) in [6, 6.07) is 8.33. The molecule has 0 bridgehead atoms. The van der Waals surface area contributed by atoms with Crippen molar-refractivity contribution >= 4 is 17.7 Å². The van der Waals surface area contributed by atoms with Crippen LogP contribution >= 0.6 is 0 Å². The monoisotopic (exact) mass is 414 g/mol. The molecule has 7 nitrogen and oxygen atoms in total. The van der Waals surface area contributed by atoms with Crippen LogP contribution in [0.1, 0.15) is 45.6 Å². The molecule has 1 saturated carbocycles. The van der Waals surface area contributed by atoms with Gasteiger partial charge in [-0.05, 0) is 43.6 Å². The SMILES string of the molecule is CC(C)[C@H](NC(=O)[C@H](C)N)C(=O)N1CCC2CCC(NC(=O)Cc3ccccc3)C21. The Hall–Kier alpha value is -2.41. The summed E-state index contributed by atoms with van der Waals surface area (Å²) in [6.07, 6.45) is 3.15. The van der Waals surface area contributed by atoms with Gasteiger partial charge in [0.2, 0.25) is 17.7 Å². The minimum Gasteiger partial charge on any atom is -0.351 e. The zero-order valence-electron chi connectivity index (χ0n) is 18.1. The topological polar surface area (TPSA) is 105 Å². The fourth-order valence-corrected chi connectivity index (χ4v) is 4.74. The van der Waals surface area contributed by atoms with Gasteiger partial charge in [-0.1, -0.05) is 44.2 Å². The molecule has 1 heterocycles. The summed E-state index contributed by atoms with van der Waals surface area (Å²) in [5, 5.41) is 5.99. The van der Waals surface area contributed by atoms with Crippen LogP contribution in [-0.4, -0.2) is 53.3 Å². The fraction of sp³-hybridized carbons (Fsp3) is 0.609. The molecule has 1 aliphatic carbocycles. The molecule has 2 aliphatic rings. The number of hydrogen-bond donors (Lipinski definition) is 3.